The molecule has 3 aromatic rings. The lowest BCUT2D eigenvalue weighted by Gasteiger charge is -2.24. The first-order valence-electron chi connectivity index (χ1n) is 7.85. The third kappa shape index (κ3) is 3.26. The van der Waals surface area contributed by atoms with Gasteiger partial charge in [0.15, 0.2) is 0 Å². The SMILES string of the molecule is CC(C)(C(=O)NCCc1nc2ccccc2[nH]1)c1ccccc1. The van der Waals surface area contributed by atoms with E-state index in [0.29, 0.717) is 13.0 Å². The maximum Gasteiger partial charge on any atom is 0.230 e. The van der Waals surface area contributed by atoms with E-state index in [1.54, 1.807) is 0 Å². The Bertz CT molecular complexity index is 773. The number of fused-ring (bicyclic) bond motifs is 1. The Morgan fingerprint density at radius 2 is 1.78 bits per heavy atom. The van der Waals surface area contributed by atoms with E-state index < -0.39 is 5.41 Å². The van der Waals surface area contributed by atoms with Crippen LogP contribution >= 0.6 is 0 Å². The van der Waals surface area contributed by atoms with Gasteiger partial charge < -0.3 is 10.3 Å². The molecule has 0 saturated carbocycles. The molecular weight excluding hydrogens is 286 g/mol. The molecule has 0 radical (unpaired) electrons. The van der Waals surface area contributed by atoms with Crippen molar-refractivity contribution in [2.75, 3.05) is 6.54 Å². The standard InChI is InChI=1S/C19H21N3O/c1-19(2,14-8-4-3-5-9-14)18(23)20-13-12-17-21-15-10-6-7-11-16(15)22-17/h3-11H,12-13H2,1-2H3,(H,20,23)(H,21,22). The fourth-order valence-corrected chi connectivity index (χ4v) is 2.63. The molecule has 0 aliphatic heterocycles. The normalized spacial score (nSPS) is 11.6. The number of nitrogens with zero attached hydrogens (tertiary/aromatic N) is 1. The Labute approximate surface area is 136 Å². The first-order chi connectivity index (χ1) is 11.1. The summed E-state index contributed by atoms with van der Waals surface area (Å²) >= 11 is 0. The van der Waals surface area contributed by atoms with Crippen molar-refractivity contribution < 1.29 is 4.79 Å². The summed E-state index contributed by atoms with van der Waals surface area (Å²) in [4.78, 5) is 20.3. The van der Waals surface area contributed by atoms with Crippen molar-refractivity contribution >= 4 is 16.9 Å². The van der Waals surface area contributed by atoms with Crippen LogP contribution in [0, 0.1) is 0 Å². The van der Waals surface area contributed by atoms with Crippen molar-refractivity contribution in [3.8, 4) is 0 Å². The molecule has 0 unspecified atom stereocenters. The molecule has 23 heavy (non-hydrogen) atoms. The zero-order chi connectivity index (χ0) is 16.3. The molecule has 0 aliphatic rings. The van der Waals surface area contributed by atoms with E-state index >= 15 is 0 Å². The van der Waals surface area contributed by atoms with Crippen LogP contribution in [0.5, 0.6) is 0 Å². The quantitative estimate of drug-likeness (QED) is 0.760. The second kappa shape index (κ2) is 6.24. The van der Waals surface area contributed by atoms with Crippen LogP contribution < -0.4 is 5.32 Å². The molecule has 0 fully saturated rings. The fourth-order valence-electron chi connectivity index (χ4n) is 2.63. The number of nitrogens with one attached hydrogen (secondary N) is 2. The molecule has 1 heterocycles. The number of aromatic nitrogens is 2. The molecule has 0 aliphatic carbocycles. The van der Waals surface area contributed by atoms with Crippen molar-refractivity contribution in [1.29, 1.82) is 0 Å². The van der Waals surface area contributed by atoms with E-state index in [9.17, 15) is 4.79 Å². The van der Waals surface area contributed by atoms with Crippen molar-refractivity contribution in [2.45, 2.75) is 25.7 Å². The first-order valence-corrected chi connectivity index (χ1v) is 7.85. The summed E-state index contributed by atoms with van der Waals surface area (Å²) in [6.07, 6.45) is 0.686. The largest absolute Gasteiger partial charge is 0.355 e. The van der Waals surface area contributed by atoms with E-state index in [1.165, 1.54) is 0 Å². The molecule has 3 rings (SSSR count). The van der Waals surface area contributed by atoms with Gasteiger partial charge in [0.1, 0.15) is 5.82 Å². The summed E-state index contributed by atoms with van der Waals surface area (Å²) in [5.74, 6) is 0.920. The van der Waals surface area contributed by atoms with Crippen LogP contribution in [0.1, 0.15) is 25.2 Å². The van der Waals surface area contributed by atoms with Crippen molar-refractivity contribution in [1.82, 2.24) is 15.3 Å². The van der Waals surface area contributed by atoms with Gasteiger partial charge in [0.25, 0.3) is 0 Å². The predicted molar refractivity (Wildman–Crippen MR) is 92.3 cm³/mol. The van der Waals surface area contributed by atoms with Gasteiger partial charge in [-0.15, -0.1) is 0 Å². The van der Waals surface area contributed by atoms with Crippen molar-refractivity contribution in [3.63, 3.8) is 0 Å². The Balaban J connectivity index is 1.60. The molecule has 2 aromatic carbocycles. The maximum absolute atomic E-state index is 12.5. The van der Waals surface area contributed by atoms with Crippen LogP contribution in [-0.2, 0) is 16.6 Å². The highest BCUT2D eigenvalue weighted by molar-refractivity contribution is 5.87. The number of aromatic amines is 1. The van der Waals surface area contributed by atoms with Crippen LogP contribution in [0.15, 0.2) is 54.6 Å². The van der Waals surface area contributed by atoms with Gasteiger partial charge in [-0.05, 0) is 31.5 Å². The number of para-hydroxylation sites is 2. The number of carbonyl (C=O) groups excluding carboxylic acids is 1. The molecule has 0 atom stereocenters. The van der Waals surface area contributed by atoms with Gasteiger partial charge >= 0.3 is 0 Å². The smallest absolute Gasteiger partial charge is 0.230 e. The van der Waals surface area contributed by atoms with Crippen LogP contribution in [0.4, 0.5) is 0 Å². The van der Waals surface area contributed by atoms with Crippen molar-refractivity contribution in [3.05, 3.63) is 66.0 Å². The second-order valence-corrected chi connectivity index (χ2v) is 6.20. The highest BCUT2D eigenvalue weighted by atomic mass is 16.2. The summed E-state index contributed by atoms with van der Waals surface area (Å²) in [6.45, 7) is 4.45. The number of H-pyrrole nitrogens is 1. The zero-order valence-corrected chi connectivity index (χ0v) is 13.5. The minimum Gasteiger partial charge on any atom is -0.355 e. The van der Waals surface area contributed by atoms with E-state index in [0.717, 1.165) is 22.4 Å². The van der Waals surface area contributed by atoms with E-state index in [2.05, 4.69) is 15.3 Å². The van der Waals surface area contributed by atoms with Crippen LogP contribution in [-0.4, -0.2) is 22.4 Å². The second-order valence-electron chi connectivity index (χ2n) is 6.20. The molecule has 0 bridgehead atoms. The number of hydrogen-bond acceptors (Lipinski definition) is 2. The van der Waals surface area contributed by atoms with Gasteiger partial charge in [0, 0.05) is 13.0 Å². The number of hydrogen-bond donors (Lipinski definition) is 2. The van der Waals surface area contributed by atoms with E-state index in [4.69, 9.17) is 0 Å². The summed E-state index contributed by atoms with van der Waals surface area (Å²) in [5, 5.41) is 3.02. The molecule has 1 aromatic heterocycles. The van der Waals surface area contributed by atoms with Crippen LogP contribution in [0.3, 0.4) is 0 Å². The van der Waals surface area contributed by atoms with Crippen LogP contribution in [0.2, 0.25) is 0 Å². The summed E-state index contributed by atoms with van der Waals surface area (Å²) < 4.78 is 0. The molecule has 0 saturated heterocycles. The number of carbonyl (C=O) groups is 1. The van der Waals surface area contributed by atoms with Gasteiger partial charge in [-0.2, -0.15) is 0 Å². The van der Waals surface area contributed by atoms with Gasteiger partial charge in [-0.25, -0.2) is 4.98 Å². The Kier molecular flexibility index (Phi) is 4.15. The zero-order valence-electron chi connectivity index (χ0n) is 13.5. The van der Waals surface area contributed by atoms with E-state index in [-0.39, 0.29) is 5.91 Å². The highest BCUT2D eigenvalue weighted by Crippen LogP contribution is 2.22. The minimum atomic E-state index is -0.546. The molecule has 4 heteroatoms. The number of imidazole rings is 1. The number of amides is 1. The molecule has 2 N–H and O–H groups in total. The number of benzene rings is 2. The van der Waals surface area contributed by atoms with E-state index in [1.807, 2.05) is 68.4 Å². The summed E-state index contributed by atoms with van der Waals surface area (Å²) in [7, 11) is 0. The molecule has 118 valence electrons. The molecular formula is C19H21N3O. The maximum atomic E-state index is 12.5. The Morgan fingerprint density at radius 1 is 1.09 bits per heavy atom. The lowest BCUT2D eigenvalue weighted by atomic mass is 9.84. The van der Waals surface area contributed by atoms with Crippen molar-refractivity contribution in [2.24, 2.45) is 0 Å². The average Bonchev–Trinajstić information content (AvgIpc) is 2.98. The minimum absolute atomic E-state index is 0.0276. The van der Waals surface area contributed by atoms with Gasteiger partial charge in [0.05, 0.1) is 16.4 Å². The summed E-state index contributed by atoms with van der Waals surface area (Å²) in [6, 6.07) is 17.8. The third-order valence-corrected chi connectivity index (χ3v) is 4.15. The first kappa shape index (κ1) is 15.3. The predicted octanol–water partition coefficient (Wildman–Crippen LogP) is 3.20. The van der Waals surface area contributed by atoms with Gasteiger partial charge in [-0.3, -0.25) is 4.79 Å². The highest BCUT2D eigenvalue weighted by Gasteiger charge is 2.29. The molecule has 0 spiro atoms. The Hall–Kier alpha value is -2.62. The fraction of sp³-hybridized carbons (Fsp3) is 0.263. The monoisotopic (exact) mass is 307 g/mol. The van der Waals surface area contributed by atoms with Gasteiger partial charge in [-0.1, -0.05) is 42.5 Å². The topological polar surface area (TPSA) is 57.8 Å². The third-order valence-electron chi connectivity index (χ3n) is 4.15. The lowest BCUT2D eigenvalue weighted by molar-refractivity contribution is -0.125. The van der Waals surface area contributed by atoms with Crippen LogP contribution in [0.25, 0.3) is 11.0 Å². The average molecular weight is 307 g/mol. The Morgan fingerprint density at radius 3 is 2.52 bits per heavy atom. The van der Waals surface area contributed by atoms with Gasteiger partial charge in [0.2, 0.25) is 5.91 Å². The number of rotatable bonds is 5. The summed E-state index contributed by atoms with van der Waals surface area (Å²) in [5.41, 5.74) is 2.45. The molecule has 4 nitrogen and oxygen atoms in total. The molecule has 1 amide bonds. The lowest BCUT2D eigenvalue weighted by Crippen LogP contribution is -2.40.